The summed E-state index contributed by atoms with van der Waals surface area (Å²) in [4.78, 5) is 12.0. The van der Waals surface area contributed by atoms with Crippen LogP contribution in [0.25, 0.3) is 11.0 Å². The Hall–Kier alpha value is -1.71. The lowest BCUT2D eigenvalue weighted by molar-refractivity contribution is 1.25. The van der Waals surface area contributed by atoms with Crippen LogP contribution in [0.15, 0.2) is 24.7 Å². The van der Waals surface area contributed by atoms with Crippen LogP contribution in [-0.4, -0.2) is 15.0 Å². The van der Waals surface area contributed by atoms with Gasteiger partial charge in [-0.25, -0.2) is 4.98 Å². The molecule has 11 heavy (non-hydrogen) atoms. The van der Waals surface area contributed by atoms with Crippen molar-refractivity contribution in [1.82, 2.24) is 15.0 Å². The van der Waals surface area contributed by atoms with E-state index in [0.717, 1.165) is 11.0 Å². The van der Waals surface area contributed by atoms with Crippen molar-refractivity contribution in [2.45, 2.75) is 0 Å². The molecule has 0 radical (unpaired) electrons. The summed E-state index contributed by atoms with van der Waals surface area (Å²) in [5.74, 6) is 0.470. The lowest BCUT2D eigenvalue weighted by atomic mass is 10.4. The van der Waals surface area contributed by atoms with E-state index in [1.54, 1.807) is 24.7 Å². The molecule has 2 heterocycles. The highest BCUT2D eigenvalue weighted by Gasteiger charge is 1.94. The summed E-state index contributed by atoms with van der Waals surface area (Å²) in [6, 6.07) is 1.70. The van der Waals surface area contributed by atoms with E-state index in [1.807, 2.05) is 0 Å². The molecule has 2 N–H and O–H groups in total. The average molecular weight is 146 g/mol. The van der Waals surface area contributed by atoms with Crippen LogP contribution in [0.1, 0.15) is 0 Å². The molecule has 0 saturated carbocycles. The van der Waals surface area contributed by atoms with Gasteiger partial charge in [0.1, 0.15) is 11.3 Å². The minimum atomic E-state index is 0.470. The summed E-state index contributed by atoms with van der Waals surface area (Å²) in [5, 5.41) is 0. The van der Waals surface area contributed by atoms with Crippen molar-refractivity contribution in [3.05, 3.63) is 24.7 Å². The number of hydrogen-bond donors (Lipinski definition) is 1. The van der Waals surface area contributed by atoms with Crippen molar-refractivity contribution in [2.75, 3.05) is 5.73 Å². The van der Waals surface area contributed by atoms with Gasteiger partial charge >= 0.3 is 0 Å². The summed E-state index contributed by atoms with van der Waals surface area (Å²) in [6.45, 7) is 0. The SMILES string of the molecule is Nc1cc2nccnc2cn1. The molecule has 2 rings (SSSR count). The maximum atomic E-state index is 5.44. The van der Waals surface area contributed by atoms with Crippen LogP contribution in [0.2, 0.25) is 0 Å². The highest BCUT2D eigenvalue weighted by molar-refractivity contribution is 5.74. The molecular weight excluding hydrogens is 140 g/mol. The third-order valence-electron chi connectivity index (χ3n) is 1.38. The van der Waals surface area contributed by atoms with E-state index >= 15 is 0 Å². The van der Waals surface area contributed by atoms with E-state index in [-0.39, 0.29) is 0 Å². The van der Waals surface area contributed by atoms with Gasteiger partial charge in [-0.15, -0.1) is 0 Å². The Morgan fingerprint density at radius 3 is 2.55 bits per heavy atom. The monoisotopic (exact) mass is 146 g/mol. The predicted octanol–water partition coefficient (Wildman–Crippen LogP) is 0.607. The van der Waals surface area contributed by atoms with Gasteiger partial charge in [-0.3, -0.25) is 9.97 Å². The maximum absolute atomic E-state index is 5.44. The van der Waals surface area contributed by atoms with Crippen LogP contribution in [0.4, 0.5) is 5.82 Å². The number of nitrogen functional groups attached to an aromatic ring is 1. The van der Waals surface area contributed by atoms with Crippen LogP contribution < -0.4 is 5.73 Å². The molecule has 0 atom stereocenters. The molecule has 0 fully saturated rings. The van der Waals surface area contributed by atoms with Crippen molar-refractivity contribution >= 4 is 16.9 Å². The summed E-state index contributed by atoms with van der Waals surface area (Å²) in [6.07, 6.45) is 4.86. The first-order chi connectivity index (χ1) is 5.36. The normalized spacial score (nSPS) is 10.2. The van der Waals surface area contributed by atoms with Crippen molar-refractivity contribution in [1.29, 1.82) is 0 Å². The fraction of sp³-hybridized carbons (Fsp3) is 0. The zero-order valence-electron chi connectivity index (χ0n) is 5.73. The molecule has 0 saturated heterocycles. The number of pyridine rings is 1. The zero-order chi connectivity index (χ0) is 7.68. The number of rotatable bonds is 0. The second-order valence-corrected chi connectivity index (χ2v) is 2.15. The second kappa shape index (κ2) is 2.16. The molecule has 0 unspecified atom stereocenters. The van der Waals surface area contributed by atoms with Crippen molar-refractivity contribution < 1.29 is 0 Å². The minimum Gasteiger partial charge on any atom is -0.384 e. The highest BCUT2D eigenvalue weighted by Crippen LogP contribution is 2.07. The van der Waals surface area contributed by atoms with E-state index in [4.69, 9.17) is 5.73 Å². The minimum absolute atomic E-state index is 0.470. The van der Waals surface area contributed by atoms with Crippen LogP contribution in [0.5, 0.6) is 0 Å². The van der Waals surface area contributed by atoms with Crippen LogP contribution >= 0.6 is 0 Å². The van der Waals surface area contributed by atoms with Crippen LogP contribution in [0, 0.1) is 0 Å². The molecule has 0 aromatic carbocycles. The van der Waals surface area contributed by atoms with E-state index in [2.05, 4.69) is 15.0 Å². The second-order valence-electron chi connectivity index (χ2n) is 2.15. The molecule has 0 amide bonds. The lowest BCUT2D eigenvalue weighted by Crippen LogP contribution is -1.90. The van der Waals surface area contributed by atoms with Gasteiger partial charge in [0.2, 0.25) is 0 Å². The fourth-order valence-corrected chi connectivity index (χ4v) is 0.883. The molecule has 4 nitrogen and oxygen atoms in total. The summed E-state index contributed by atoms with van der Waals surface area (Å²) in [5.41, 5.74) is 6.99. The van der Waals surface area contributed by atoms with E-state index < -0.39 is 0 Å². The van der Waals surface area contributed by atoms with E-state index in [0.29, 0.717) is 5.82 Å². The van der Waals surface area contributed by atoms with Crippen LogP contribution in [-0.2, 0) is 0 Å². The third-order valence-corrected chi connectivity index (χ3v) is 1.38. The molecule has 2 aromatic rings. The third kappa shape index (κ3) is 0.980. The highest BCUT2D eigenvalue weighted by atomic mass is 14.9. The molecule has 0 aliphatic carbocycles. The van der Waals surface area contributed by atoms with Crippen LogP contribution in [0.3, 0.4) is 0 Å². The fourth-order valence-electron chi connectivity index (χ4n) is 0.883. The Kier molecular flexibility index (Phi) is 1.18. The number of nitrogens with two attached hydrogens (primary N) is 1. The molecular formula is C7H6N4. The molecule has 54 valence electrons. The first-order valence-corrected chi connectivity index (χ1v) is 3.18. The van der Waals surface area contributed by atoms with Gasteiger partial charge in [0.05, 0.1) is 11.7 Å². The Morgan fingerprint density at radius 2 is 1.73 bits per heavy atom. The molecule has 0 aliphatic heterocycles. The van der Waals surface area contributed by atoms with Gasteiger partial charge in [-0.05, 0) is 0 Å². The molecule has 2 aromatic heterocycles. The topological polar surface area (TPSA) is 64.7 Å². The molecule has 4 heteroatoms. The molecule has 0 bridgehead atoms. The summed E-state index contributed by atoms with van der Waals surface area (Å²) < 4.78 is 0. The smallest absolute Gasteiger partial charge is 0.125 e. The average Bonchev–Trinajstić information content (AvgIpc) is 2.04. The van der Waals surface area contributed by atoms with Gasteiger partial charge in [0.15, 0.2) is 0 Å². The van der Waals surface area contributed by atoms with E-state index in [9.17, 15) is 0 Å². The lowest BCUT2D eigenvalue weighted by Gasteiger charge is -1.94. The van der Waals surface area contributed by atoms with Gasteiger partial charge in [-0.1, -0.05) is 0 Å². The number of hydrogen-bond acceptors (Lipinski definition) is 4. The quantitative estimate of drug-likeness (QED) is 0.591. The maximum Gasteiger partial charge on any atom is 0.125 e. The predicted molar refractivity (Wildman–Crippen MR) is 41.7 cm³/mol. The van der Waals surface area contributed by atoms with Gasteiger partial charge in [-0.2, -0.15) is 0 Å². The number of fused-ring (bicyclic) bond motifs is 1. The van der Waals surface area contributed by atoms with Crippen molar-refractivity contribution in [3.63, 3.8) is 0 Å². The largest absolute Gasteiger partial charge is 0.384 e. The number of aromatic nitrogens is 3. The zero-order valence-corrected chi connectivity index (χ0v) is 5.73. The molecule has 0 aliphatic rings. The Balaban J connectivity index is 2.83. The van der Waals surface area contributed by atoms with Crippen molar-refractivity contribution in [2.24, 2.45) is 0 Å². The van der Waals surface area contributed by atoms with E-state index in [1.165, 1.54) is 0 Å². The van der Waals surface area contributed by atoms with Gasteiger partial charge < -0.3 is 5.73 Å². The van der Waals surface area contributed by atoms with Crippen molar-refractivity contribution in [3.8, 4) is 0 Å². The number of anilines is 1. The Morgan fingerprint density at radius 1 is 1.00 bits per heavy atom. The van der Waals surface area contributed by atoms with Gasteiger partial charge in [0.25, 0.3) is 0 Å². The summed E-state index contributed by atoms with van der Waals surface area (Å²) in [7, 11) is 0. The standard InChI is InChI=1S/C7H6N4/c8-7-3-5-6(4-11-7)10-2-1-9-5/h1-4H,(H2,8,11). The Bertz CT molecular complexity index is 385. The first kappa shape index (κ1) is 6.03. The summed E-state index contributed by atoms with van der Waals surface area (Å²) >= 11 is 0. The first-order valence-electron chi connectivity index (χ1n) is 3.18. The van der Waals surface area contributed by atoms with Gasteiger partial charge in [0, 0.05) is 18.5 Å². The number of nitrogens with zero attached hydrogens (tertiary/aromatic N) is 3. The molecule has 0 spiro atoms. The Labute approximate surface area is 63.1 Å².